The normalized spacial score (nSPS) is 14.4. The summed E-state index contributed by atoms with van der Waals surface area (Å²) in [6.45, 7) is 4.18. The zero-order chi connectivity index (χ0) is 34.1. The molecular weight excluding hydrogens is 752 g/mol. The molecule has 0 amide bonds. The molecule has 12 bridgehead atoms. The molecule has 4 aliphatic rings. The molecule has 0 radical (unpaired) electrons. The van der Waals surface area contributed by atoms with Crippen molar-refractivity contribution in [3.8, 4) is 22.3 Å². The van der Waals surface area contributed by atoms with E-state index < -0.39 is 0 Å². The molecule has 0 saturated carbocycles. The highest BCUT2D eigenvalue weighted by Crippen LogP contribution is 2.29. The number of halogens is 2. The van der Waals surface area contributed by atoms with Crippen LogP contribution in [-0.2, 0) is 71.8 Å². The Morgan fingerprint density at radius 1 is 0.300 bits per heavy atom. The molecule has 0 aliphatic carbocycles. The molecule has 10 rings (SSSR count). The van der Waals surface area contributed by atoms with Gasteiger partial charge in [0, 0.05) is 8.95 Å². The Hall–Kier alpha value is -3.88. The average molecular weight is 791 g/mol. The molecule has 6 aromatic carbocycles. The summed E-state index contributed by atoms with van der Waals surface area (Å²) in [5.74, 6) is 0. The van der Waals surface area contributed by atoms with Gasteiger partial charge in [-0.25, -0.2) is 0 Å². The first-order chi connectivity index (χ1) is 24.6. The van der Waals surface area contributed by atoms with Gasteiger partial charge in [-0.1, -0.05) is 129 Å². The van der Waals surface area contributed by atoms with Crippen LogP contribution in [0.25, 0.3) is 22.3 Å². The fraction of sp³-hybridized carbons (Fsp3) is 0.182. The smallest absolute Gasteiger partial charge is 0.0732 e. The van der Waals surface area contributed by atoms with E-state index in [4.69, 9.17) is 18.9 Å². The van der Waals surface area contributed by atoms with Gasteiger partial charge < -0.3 is 18.9 Å². The first-order valence-corrected chi connectivity index (χ1v) is 18.4. The van der Waals surface area contributed by atoms with Crippen LogP contribution in [0.2, 0.25) is 0 Å². The fourth-order valence-electron chi connectivity index (χ4n) is 6.08. The van der Waals surface area contributed by atoms with Crippen LogP contribution in [0.15, 0.2) is 142 Å². The summed E-state index contributed by atoms with van der Waals surface area (Å²) in [7, 11) is 0. The number of rotatable bonds is 0. The second-order valence-electron chi connectivity index (χ2n) is 12.6. The maximum absolute atomic E-state index is 6.19. The van der Waals surface area contributed by atoms with Gasteiger partial charge in [0.2, 0.25) is 0 Å². The van der Waals surface area contributed by atoms with Crippen LogP contribution in [0, 0.1) is 0 Å². The topological polar surface area (TPSA) is 36.9 Å². The molecule has 4 aliphatic heterocycles. The molecule has 0 atom stereocenters. The van der Waals surface area contributed by atoms with Crippen molar-refractivity contribution in [3.63, 3.8) is 0 Å². The minimum Gasteiger partial charge on any atom is -0.372 e. The van der Waals surface area contributed by atoms with Gasteiger partial charge in [-0.15, -0.1) is 0 Å². The van der Waals surface area contributed by atoms with E-state index in [1.165, 1.54) is 0 Å². The van der Waals surface area contributed by atoms with Gasteiger partial charge in [-0.05, 0) is 103 Å². The highest BCUT2D eigenvalue weighted by molar-refractivity contribution is 9.11. The van der Waals surface area contributed by atoms with Crippen molar-refractivity contribution in [1.29, 1.82) is 0 Å². The monoisotopic (exact) mass is 788 g/mol. The van der Waals surface area contributed by atoms with Crippen molar-refractivity contribution in [2.24, 2.45) is 0 Å². The molecule has 0 N–H and O–H groups in total. The highest BCUT2D eigenvalue weighted by atomic mass is 79.9. The molecule has 0 unspecified atom stereocenters. The van der Waals surface area contributed by atoms with Gasteiger partial charge in [0.1, 0.15) is 0 Å². The van der Waals surface area contributed by atoms with Crippen molar-refractivity contribution in [1.82, 2.24) is 0 Å². The third-order valence-corrected chi connectivity index (χ3v) is 10.2. The Morgan fingerprint density at radius 3 is 0.900 bits per heavy atom. The molecule has 6 aromatic rings. The standard InChI is InChI=1S/C44H38Br2O4/c45-43-22-42-30-50-28-36-8-4-12-40(20-36)38-10-2-6-34(18-38)26-48-24-32-15-13-31(14-16-32)23-47-25-33-5-1-9-37(17-33)39-11-3-7-35(19-39)27-49-29-41(43)21-44(42)46/h1-22H,23-30H2. The zero-order valence-electron chi connectivity index (χ0n) is 27.7. The SMILES string of the molecule is Brc1cc2c(Br)cc1COCc1cccc(c1)-c1cccc(c1)COCc1ccc(cc1)COCc1cccc(c1)-c1cccc(c1)COC2. The van der Waals surface area contributed by atoms with Crippen molar-refractivity contribution in [2.45, 2.75) is 52.9 Å². The average Bonchev–Trinajstić information content (AvgIpc) is 3.14. The van der Waals surface area contributed by atoms with E-state index in [1.54, 1.807) is 0 Å². The maximum atomic E-state index is 6.19. The Balaban J connectivity index is 1.09. The molecule has 50 heavy (non-hydrogen) atoms. The molecule has 0 aromatic heterocycles. The molecule has 252 valence electrons. The largest absolute Gasteiger partial charge is 0.372 e. The highest BCUT2D eigenvalue weighted by Gasteiger charge is 2.10. The van der Waals surface area contributed by atoms with E-state index in [1.807, 2.05) is 0 Å². The second kappa shape index (κ2) is 16.9. The molecule has 4 heterocycles. The lowest BCUT2D eigenvalue weighted by atomic mass is 10.0. The Morgan fingerprint density at radius 2 is 0.580 bits per heavy atom. The minimum absolute atomic E-state index is 0.486. The van der Waals surface area contributed by atoms with Crippen LogP contribution >= 0.6 is 31.9 Å². The third kappa shape index (κ3) is 9.26. The van der Waals surface area contributed by atoms with Crippen LogP contribution in [0.5, 0.6) is 0 Å². The second-order valence-corrected chi connectivity index (χ2v) is 14.3. The molecule has 6 heteroatoms. The summed E-state index contributed by atoms with van der Waals surface area (Å²) >= 11 is 7.53. The summed E-state index contributed by atoms with van der Waals surface area (Å²) in [6.07, 6.45) is 0. The summed E-state index contributed by atoms with van der Waals surface area (Å²) in [6, 6.07) is 46.9. The summed E-state index contributed by atoms with van der Waals surface area (Å²) in [4.78, 5) is 0. The van der Waals surface area contributed by atoms with Crippen molar-refractivity contribution in [2.75, 3.05) is 0 Å². The fourth-order valence-corrected chi connectivity index (χ4v) is 7.09. The first-order valence-electron chi connectivity index (χ1n) is 16.8. The molecule has 4 nitrogen and oxygen atoms in total. The minimum atomic E-state index is 0.486. The van der Waals surface area contributed by atoms with Crippen LogP contribution in [-0.4, -0.2) is 0 Å². The van der Waals surface area contributed by atoms with E-state index in [9.17, 15) is 0 Å². The van der Waals surface area contributed by atoms with E-state index in [0.29, 0.717) is 52.9 Å². The van der Waals surface area contributed by atoms with Crippen LogP contribution in [0.4, 0.5) is 0 Å². The predicted molar refractivity (Wildman–Crippen MR) is 206 cm³/mol. The molecule has 0 fully saturated rings. The van der Waals surface area contributed by atoms with E-state index in [2.05, 4.69) is 165 Å². The number of hydrogen-bond acceptors (Lipinski definition) is 4. The first kappa shape index (κ1) is 34.6. The van der Waals surface area contributed by atoms with Crippen molar-refractivity contribution in [3.05, 3.63) is 187 Å². The summed E-state index contributed by atoms with van der Waals surface area (Å²) in [5, 5.41) is 0. The van der Waals surface area contributed by atoms with E-state index in [0.717, 1.165) is 75.7 Å². The third-order valence-electron chi connectivity index (χ3n) is 8.74. The predicted octanol–water partition coefficient (Wildman–Crippen LogP) is 11.7. The number of hydrogen-bond donors (Lipinski definition) is 0. The Labute approximate surface area is 311 Å². The lowest BCUT2D eigenvalue weighted by Crippen LogP contribution is -1.99. The summed E-state index contributed by atoms with van der Waals surface area (Å²) < 4.78 is 26.6. The van der Waals surface area contributed by atoms with Gasteiger partial charge in [-0.2, -0.15) is 0 Å². The zero-order valence-corrected chi connectivity index (χ0v) is 30.9. The van der Waals surface area contributed by atoms with Crippen molar-refractivity contribution >= 4 is 31.9 Å². The van der Waals surface area contributed by atoms with Gasteiger partial charge >= 0.3 is 0 Å². The van der Waals surface area contributed by atoms with Gasteiger partial charge in [0.05, 0.1) is 52.9 Å². The van der Waals surface area contributed by atoms with Crippen LogP contribution < -0.4 is 0 Å². The van der Waals surface area contributed by atoms with E-state index >= 15 is 0 Å². The summed E-state index contributed by atoms with van der Waals surface area (Å²) in [5.41, 5.74) is 13.6. The van der Waals surface area contributed by atoms with Gasteiger partial charge in [0.25, 0.3) is 0 Å². The Bertz CT molecular complexity index is 1910. The van der Waals surface area contributed by atoms with Gasteiger partial charge in [-0.3, -0.25) is 0 Å². The van der Waals surface area contributed by atoms with Crippen molar-refractivity contribution < 1.29 is 18.9 Å². The lowest BCUT2D eigenvalue weighted by molar-refractivity contribution is 0.104. The molecule has 0 saturated heterocycles. The quantitative estimate of drug-likeness (QED) is 0.154. The maximum Gasteiger partial charge on any atom is 0.0732 e. The van der Waals surface area contributed by atoms with Gasteiger partial charge in [0.15, 0.2) is 0 Å². The Kier molecular flexibility index (Phi) is 11.7. The van der Waals surface area contributed by atoms with E-state index in [-0.39, 0.29) is 0 Å². The molecule has 0 spiro atoms. The lowest BCUT2D eigenvalue weighted by Gasteiger charge is -2.13. The number of ether oxygens (including phenoxy) is 4. The number of benzene rings is 6. The van der Waals surface area contributed by atoms with Crippen LogP contribution in [0.3, 0.4) is 0 Å². The molecular formula is C44H38Br2O4. The van der Waals surface area contributed by atoms with Crippen LogP contribution in [0.1, 0.15) is 44.5 Å².